The standard InChI is InChI=1S/C12H21N3O2/c1-3-13-12-8-10(4-6-14-12)15-11(5-7-16)9-17-2/h4,6,8,11,16H,3,5,7,9H2,1-2H3,(H2,13,14,15). The van der Waals surface area contributed by atoms with E-state index >= 15 is 0 Å². The molecule has 96 valence electrons. The van der Waals surface area contributed by atoms with Gasteiger partial charge in [-0.15, -0.1) is 0 Å². The number of hydrogen-bond donors (Lipinski definition) is 3. The third kappa shape index (κ3) is 5.01. The lowest BCUT2D eigenvalue weighted by Crippen LogP contribution is -2.26. The first kappa shape index (κ1) is 13.7. The molecule has 0 aliphatic heterocycles. The van der Waals surface area contributed by atoms with Crippen molar-refractivity contribution < 1.29 is 9.84 Å². The summed E-state index contributed by atoms with van der Waals surface area (Å²) in [5.74, 6) is 0.845. The van der Waals surface area contributed by atoms with Crippen molar-refractivity contribution in [2.75, 3.05) is 37.5 Å². The van der Waals surface area contributed by atoms with E-state index in [4.69, 9.17) is 9.84 Å². The van der Waals surface area contributed by atoms with Gasteiger partial charge in [-0.1, -0.05) is 0 Å². The van der Waals surface area contributed by atoms with Gasteiger partial charge < -0.3 is 20.5 Å². The van der Waals surface area contributed by atoms with Gasteiger partial charge in [0.2, 0.25) is 0 Å². The van der Waals surface area contributed by atoms with Crippen molar-refractivity contribution in [3.63, 3.8) is 0 Å². The predicted molar refractivity (Wildman–Crippen MR) is 69.4 cm³/mol. The minimum absolute atomic E-state index is 0.113. The maximum atomic E-state index is 8.96. The number of anilines is 2. The number of hydrogen-bond acceptors (Lipinski definition) is 5. The quantitative estimate of drug-likeness (QED) is 0.638. The fourth-order valence-electron chi connectivity index (χ4n) is 1.59. The van der Waals surface area contributed by atoms with Crippen LogP contribution in [0.3, 0.4) is 0 Å². The molecule has 1 unspecified atom stereocenters. The van der Waals surface area contributed by atoms with Gasteiger partial charge in [0, 0.05) is 38.2 Å². The van der Waals surface area contributed by atoms with Crippen LogP contribution < -0.4 is 10.6 Å². The summed E-state index contributed by atoms with van der Waals surface area (Å²) >= 11 is 0. The minimum atomic E-state index is 0.113. The van der Waals surface area contributed by atoms with Crippen LogP contribution in [0.4, 0.5) is 11.5 Å². The van der Waals surface area contributed by atoms with Gasteiger partial charge in [-0.05, 0) is 19.4 Å². The summed E-state index contributed by atoms with van der Waals surface area (Å²) in [7, 11) is 1.66. The molecule has 0 fully saturated rings. The van der Waals surface area contributed by atoms with Crippen LogP contribution in [0.2, 0.25) is 0 Å². The summed E-state index contributed by atoms with van der Waals surface area (Å²) in [5, 5.41) is 15.4. The van der Waals surface area contributed by atoms with E-state index in [1.165, 1.54) is 0 Å². The number of rotatable bonds is 8. The van der Waals surface area contributed by atoms with E-state index in [1.807, 2.05) is 19.1 Å². The zero-order chi connectivity index (χ0) is 12.5. The molecular formula is C12H21N3O2. The second-order valence-electron chi connectivity index (χ2n) is 3.77. The molecule has 0 radical (unpaired) electrons. The second kappa shape index (κ2) is 7.86. The van der Waals surface area contributed by atoms with Crippen LogP contribution in [0, 0.1) is 0 Å². The van der Waals surface area contributed by atoms with Crippen LogP contribution in [0.15, 0.2) is 18.3 Å². The highest BCUT2D eigenvalue weighted by atomic mass is 16.5. The normalized spacial score (nSPS) is 12.2. The molecule has 1 aromatic rings. The molecule has 0 aliphatic carbocycles. The number of nitrogens with zero attached hydrogens (tertiary/aromatic N) is 1. The Morgan fingerprint density at radius 2 is 2.35 bits per heavy atom. The van der Waals surface area contributed by atoms with E-state index in [9.17, 15) is 0 Å². The highest BCUT2D eigenvalue weighted by Crippen LogP contribution is 2.13. The Labute approximate surface area is 102 Å². The highest BCUT2D eigenvalue weighted by molar-refractivity contribution is 5.52. The van der Waals surface area contributed by atoms with Crippen LogP contribution in [0.25, 0.3) is 0 Å². The zero-order valence-corrected chi connectivity index (χ0v) is 10.4. The van der Waals surface area contributed by atoms with E-state index in [0.717, 1.165) is 18.1 Å². The molecule has 5 heteroatoms. The van der Waals surface area contributed by atoms with E-state index in [0.29, 0.717) is 13.0 Å². The monoisotopic (exact) mass is 239 g/mol. The highest BCUT2D eigenvalue weighted by Gasteiger charge is 2.07. The number of methoxy groups -OCH3 is 1. The van der Waals surface area contributed by atoms with Gasteiger partial charge in [0.1, 0.15) is 5.82 Å². The number of ether oxygens (including phenoxy) is 1. The summed E-state index contributed by atoms with van der Waals surface area (Å²) in [5.41, 5.74) is 0.978. The Morgan fingerprint density at radius 1 is 1.53 bits per heavy atom. The molecule has 17 heavy (non-hydrogen) atoms. The summed E-state index contributed by atoms with van der Waals surface area (Å²) in [6, 6.07) is 3.96. The van der Waals surface area contributed by atoms with Crippen molar-refractivity contribution in [2.24, 2.45) is 0 Å². The van der Waals surface area contributed by atoms with Crippen molar-refractivity contribution in [3.8, 4) is 0 Å². The lowest BCUT2D eigenvalue weighted by atomic mass is 10.2. The molecular weight excluding hydrogens is 218 g/mol. The molecule has 0 aromatic carbocycles. The van der Waals surface area contributed by atoms with E-state index in [2.05, 4.69) is 15.6 Å². The number of pyridine rings is 1. The maximum absolute atomic E-state index is 8.96. The van der Waals surface area contributed by atoms with Crippen LogP contribution in [0.5, 0.6) is 0 Å². The van der Waals surface area contributed by atoms with Gasteiger partial charge >= 0.3 is 0 Å². The number of nitrogens with one attached hydrogen (secondary N) is 2. The van der Waals surface area contributed by atoms with E-state index in [1.54, 1.807) is 13.3 Å². The Morgan fingerprint density at radius 3 is 3.00 bits per heavy atom. The van der Waals surface area contributed by atoms with Gasteiger partial charge in [-0.3, -0.25) is 0 Å². The molecule has 1 atom stereocenters. The molecule has 0 saturated carbocycles. The Bertz CT molecular complexity index is 314. The lowest BCUT2D eigenvalue weighted by Gasteiger charge is -2.18. The predicted octanol–water partition coefficient (Wildman–Crippen LogP) is 1.32. The van der Waals surface area contributed by atoms with E-state index < -0.39 is 0 Å². The Kier molecular flexibility index (Phi) is 6.35. The molecule has 0 bridgehead atoms. The average molecular weight is 239 g/mol. The lowest BCUT2D eigenvalue weighted by molar-refractivity contribution is 0.170. The minimum Gasteiger partial charge on any atom is -0.396 e. The molecule has 1 aromatic heterocycles. The van der Waals surface area contributed by atoms with Gasteiger partial charge in [0.25, 0.3) is 0 Å². The smallest absolute Gasteiger partial charge is 0.127 e. The third-order valence-electron chi connectivity index (χ3n) is 2.33. The fourth-order valence-corrected chi connectivity index (χ4v) is 1.59. The number of aliphatic hydroxyl groups excluding tert-OH is 1. The topological polar surface area (TPSA) is 66.4 Å². The van der Waals surface area contributed by atoms with Gasteiger partial charge in [0.05, 0.1) is 12.6 Å². The van der Waals surface area contributed by atoms with Gasteiger partial charge in [-0.25, -0.2) is 4.98 Å². The van der Waals surface area contributed by atoms with Crippen LogP contribution >= 0.6 is 0 Å². The molecule has 0 aliphatic rings. The Hall–Kier alpha value is -1.33. The van der Waals surface area contributed by atoms with E-state index in [-0.39, 0.29) is 12.6 Å². The summed E-state index contributed by atoms with van der Waals surface area (Å²) in [6.07, 6.45) is 2.41. The molecule has 1 heterocycles. The first-order valence-electron chi connectivity index (χ1n) is 5.86. The third-order valence-corrected chi connectivity index (χ3v) is 2.33. The second-order valence-corrected chi connectivity index (χ2v) is 3.77. The number of aliphatic hydroxyl groups is 1. The van der Waals surface area contributed by atoms with Crippen molar-refractivity contribution in [1.82, 2.24) is 4.98 Å². The van der Waals surface area contributed by atoms with Crippen LogP contribution in [0.1, 0.15) is 13.3 Å². The van der Waals surface area contributed by atoms with Crippen molar-refractivity contribution in [3.05, 3.63) is 18.3 Å². The largest absolute Gasteiger partial charge is 0.396 e. The first-order chi connectivity index (χ1) is 8.30. The molecule has 0 spiro atoms. The van der Waals surface area contributed by atoms with Gasteiger partial charge in [0.15, 0.2) is 0 Å². The summed E-state index contributed by atoms with van der Waals surface area (Å²) < 4.78 is 5.10. The first-order valence-corrected chi connectivity index (χ1v) is 5.86. The molecule has 1 rings (SSSR count). The average Bonchev–Trinajstić information content (AvgIpc) is 2.30. The molecule has 3 N–H and O–H groups in total. The molecule has 0 amide bonds. The van der Waals surface area contributed by atoms with Crippen LogP contribution in [-0.4, -0.2) is 43.0 Å². The number of aromatic nitrogens is 1. The van der Waals surface area contributed by atoms with Crippen LogP contribution in [-0.2, 0) is 4.74 Å². The summed E-state index contributed by atoms with van der Waals surface area (Å²) in [4.78, 5) is 4.20. The van der Waals surface area contributed by atoms with Crippen molar-refractivity contribution in [2.45, 2.75) is 19.4 Å². The van der Waals surface area contributed by atoms with Crippen molar-refractivity contribution >= 4 is 11.5 Å². The van der Waals surface area contributed by atoms with Crippen molar-refractivity contribution in [1.29, 1.82) is 0 Å². The SMILES string of the molecule is CCNc1cc(NC(CCO)COC)ccn1. The zero-order valence-electron chi connectivity index (χ0n) is 10.4. The molecule has 0 saturated heterocycles. The Balaban J connectivity index is 2.60. The summed E-state index contributed by atoms with van der Waals surface area (Å²) in [6.45, 7) is 3.58. The van der Waals surface area contributed by atoms with Gasteiger partial charge in [-0.2, -0.15) is 0 Å². The maximum Gasteiger partial charge on any atom is 0.127 e. The molecule has 5 nitrogen and oxygen atoms in total. The fraction of sp³-hybridized carbons (Fsp3) is 0.583.